The van der Waals surface area contributed by atoms with E-state index in [1.54, 1.807) is 0 Å². The molecule has 0 saturated heterocycles. The molecular formula is C13H17N5O. The van der Waals surface area contributed by atoms with Crippen LogP contribution >= 0.6 is 0 Å². The van der Waals surface area contributed by atoms with Gasteiger partial charge < -0.3 is 5.32 Å². The number of aromatic nitrogens is 4. The molecule has 0 aliphatic carbocycles. The van der Waals surface area contributed by atoms with Gasteiger partial charge in [-0.05, 0) is 31.4 Å². The number of H-pyrrole nitrogens is 1. The molecular weight excluding hydrogens is 242 g/mol. The number of nitrogens with one attached hydrogen (secondary N) is 2. The number of nitrogens with zero attached hydrogens (tertiary/aromatic N) is 3. The van der Waals surface area contributed by atoms with Crippen molar-refractivity contribution in [2.45, 2.75) is 32.7 Å². The highest BCUT2D eigenvalue weighted by Gasteiger charge is 2.13. The Labute approximate surface area is 111 Å². The van der Waals surface area contributed by atoms with E-state index in [0.29, 0.717) is 12.2 Å². The van der Waals surface area contributed by atoms with E-state index in [1.165, 1.54) is 11.1 Å². The molecule has 0 radical (unpaired) electrons. The first-order valence-electron chi connectivity index (χ1n) is 6.24. The first-order chi connectivity index (χ1) is 9.16. The maximum Gasteiger partial charge on any atom is 0.220 e. The Morgan fingerprint density at radius 3 is 2.89 bits per heavy atom. The Morgan fingerprint density at radius 1 is 1.42 bits per heavy atom. The molecule has 6 nitrogen and oxygen atoms in total. The minimum Gasteiger partial charge on any atom is -0.346 e. The number of carbonyl (C=O) groups is 1. The van der Waals surface area contributed by atoms with Crippen molar-refractivity contribution in [1.82, 2.24) is 25.9 Å². The fourth-order valence-electron chi connectivity index (χ4n) is 1.87. The van der Waals surface area contributed by atoms with Crippen LogP contribution in [0.4, 0.5) is 0 Å². The predicted molar refractivity (Wildman–Crippen MR) is 70.2 cm³/mol. The van der Waals surface area contributed by atoms with Crippen LogP contribution in [-0.2, 0) is 11.2 Å². The van der Waals surface area contributed by atoms with Crippen molar-refractivity contribution in [3.63, 3.8) is 0 Å². The first-order valence-corrected chi connectivity index (χ1v) is 6.24. The molecule has 1 unspecified atom stereocenters. The lowest BCUT2D eigenvalue weighted by atomic mass is 10.0. The summed E-state index contributed by atoms with van der Waals surface area (Å²) in [4.78, 5) is 11.8. The molecule has 6 heteroatoms. The Bertz CT molecular complexity index is 538. The van der Waals surface area contributed by atoms with Crippen LogP contribution in [0.2, 0.25) is 0 Å². The van der Waals surface area contributed by atoms with Crippen molar-refractivity contribution < 1.29 is 4.79 Å². The Kier molecular flexibility index (Phi) is 4.22. The molecule has 0 aliphatic rings. The second kappa shape index (κ2) is 6.08. The van der Waals surface area contributed by atoms with Crippen molar-refractivity contribution in [1.29, 1.82) is 0 Å². The Morgan fingerprint density at radius 2 is 2.21 bits per heavy atom. The third kappa shape index (κ3) is 3.61. The third-order valence-corrected chi connectivity index (χ3v) is 3.01. The number of tetrazole rings is 1. The van der Waals surface area contributed by atoms with Crippen LogP contribution in [-0.4, -0.2) is 26.5 Å². The number of benzene rings is 1. The van der Waals surface area contributed by atoms with Crippen LogP contribution < -0.4 is 5.32 Å². The number of amides is 1. The Hall–Kier alpha value is -2.24. The fraction of sp³-hybridized carbons (Fsp3) is 0.385. The number of aryl methyl sites for hydroxylation is 2. The van der Waals surface area contributed by atoms with Crippen molar-refractivity contribution in [3.05, 3.63) is 41.2 Å². The summed E-state index contributed by atoms with van der Waals surface area (Å²) in [5.74, 6) is 0.477. The number of carbonyl (C=O) groups excluding carboxylic acids is 1. The summed E-state index contributed by atoms with van der Waals surface area (Å²) in [6.07, 6.45) is 1.19. The highest BCUT2D eigenvalue weighted by molar-refractivity contribution is 5.76. The van der Waals surface area contributed by atoms with Crippen LogP contribution in [0, 0.1) is 6.92 Å². The van der Waals surface area contributed by atoms with Gasteiger partial charge in [0, 0.05) is 6.42 Å². The van der Waals surface area contributed by atoms with E-state index in [0.717, 1.165) is 6.42 Å². The second-order valence-corrected chi connectivity index (χ2v) is 4.49. The second-order valence-electron chi connectivity index (χ2n) is 4.49. The molecule has 1 aromatic carbocycles. The average molecular weight is 259 g/mol. The normalized spacial score (nSPS) is 12.1. The molecule has 2 rings (SSSR count). The van der Waals surface area contributed by atoms with Gasteiger partial charge in [0.15, 0.2) is 5.82 Å². The van der Waals surface area contributed by atoms with Gasteiger partial charge in [-0.15, -0.1) is 10.2 Å². The number of aromatic amines is 1. The smallest absolute Gasteiger partial charge is 0.220 e. The molecule has 2 N–H and O–H groups in total. The lowest BCUT2D eigenvalue weighted by Gasteiger charge is -2.10. The van der Waals surface area contributed by atoms with Gasteiger partial charge in [-0.2, -0.15) is 5.21 Å². The van der Waals surface area contributed by atoms with Crippen molar-refractivity contribution in [2.75, 3.05) is 0 Å². The molecule has 1 heterocycles. The highest BCUT2D eigenvalue weighted by atomic mass is 16.1. The van der Waals surface area contributed by atoms with Crippen LogP contribution in [0.15, 0.2) is 24.3 Å². The zero-order chi connectivity index (χ0) is 13.7. The summed E-state index contributed by atoms with van der Waals surface area (Å²) in [7, 11) is 0. The molecule has 100 valence electrons. The fourth-order valence-corrected chi connectivity index (χ4v) is 1.87. The molecule has 0 aliphatic heterocycles. The van der Waals surface area contributed by atoms with Crippen LogP contribution in [0.1, 0.15) is 36.3 Å². The monoisotopic (exact) mass is 259 g/mol. The molecule has 0 saturated carbocycles. The molecule has 1 atom stereocenters. The number of hydrogen-bond acceptors (Lipinski definition) is 4. The molecule has 1 amide bonds. The summed E-state index contributed by atoms with van der Waals surface area (Å²) >= 11 is 0. The van der Waals surface area contributed by atoms with Gasteiger partial charge in [0.1, 0.15) is 0 Å². The zero-order valence-electron chi connectivity index (χ0n) is 11.1. The van der Waals surface area contributed by atoms with Crippen LogP contribution in [0.5, 0.6) is 0 Å². The molecule has 19 heavy (non-hydrogen) atoms. The van der Waals surface area contributed by atoms with Crippen molar-refractivity contribution in [3.8, 4) is 0 Å². The standard InChI is InChI=1S/C13H17N5O/c1-9-5-3-4-6-11(9)7-8-12(19)14-10(2)13-15-17-18-16-13/h3-6,10H,7-8H2,1-2H3,(H,14,19)(H,15,16,17,18). The minimum absolute atomic E-state index is 0.0134. The van der Waals surface area contributed by atoms with Gasteiger partial charge >= 0.3 is 0 Å². The highest BCUT2D eigenvalue weighted by Crippen LogP contribution is 2.10. The maximum atomic E-state index is 11.8. The van der Waals surface area contributed by atoms with E-state index in [2.05, 4.69) is 38.9 Å². The topological polar surface area (TPSA) is 83.6 Å². The molecule has 0 bridgehead atoms. The summed E-state index contributed by atoms with van der Waals surface area (Å²) in [5, 5.41) is 16.4. The molecule has 1 aromatic heterocycles. The van der Waals surface area contributed by atoms with Crippen LogP contribution in [0.25, 0.3) is 0 Å². The minimum atomic E-state index is -0.233. The van der Waals surface area contributed by atoms with Gasteiger partial charge in [-0.25, -0.2) is 0 Å². The van der Waals surface area contributed by atoms with E-state index in [-0.39, 0.29) is 11.9 Å². The molecule has 0 fully saturated rings. The summed E-state index contributed by atoms with van der Waals surface area (Å²) in [6.45, 7) is 3.88. The third-order valence-electron chi connectivity index (χ3n) is 3.01. The van der Waals surface area contributed by atoms with E-state index in [1.807, 2.05) is 25.1 Å². The van der Waals surface area contributed by atoms with Crippen molar-refractivity contribution in [2.24, 2.45) is 0 Å². The summed E-state index contributed by atoms with van der Waals surface area (Å²) < 4.78 is 0. The first kappa shape index (κ1) is 13.2. The van der Waals surface area contributed by atoms with Crippen molar-refractivity contribution >= 4 is 5.91 Å². The quantitative estimate of drug-likeness (QED) is 0.848. The maximum absolute atomic E-state index is 11.8. The Balaban J connectivity index is 1.84. The lowest BCUT2D eigenvalue weighted by Crippen LogP contribution is -2.27. The lowest BCUT2D eigenvalue weighted by molar-refractivity contribution is -0.121. The van der Waals surface area contributed by atoms with Gasteiger partial charge in [0.25, 0.3) is 0 Å². The molecule has 0 spiro atoms. The SMILES string of the molecule is Cc1ccccc1CCC(=O)NC(C)c1nn[nH]n1. The van der Waals surface area contributed by atoms with Gasteiger partial charge in [0.05, 0.1) is 6.04 Å². The summed E-state index contributed by atoms with van der Waals surface area (Å²) in [5.41, 5.74) is 2.41. The van der Waals surface area contributed by atoms with Gasteiger partial charge in [0.2, 0.25) is 5.91 Å². The van der Waals surface area contributed by atoms with E-state index in [4.69, 9.17) is 0 Å². The van der Waals surface area contributed by atoms with Crippen LogP contribution in [0.3, 0.4) is 0 Å². The summed E-state index contributed by atoms with van der Waals surface area (Å²) in [6, 6.07) is 7.85. The van der Waals surface area contributed by atoms with E-state index in [9.17, 15) is 4.79 Å². The number of rotatable bonds is 5. The van der Waals surface area contributed by atoms with Gasteiger partial charge in [-0.3, -0.25) is 4.79 Å². The average Bonchev–Trinajstić information content (AvgIpc) is 2.91. The van der Waals surface area contributed by atoms with Gasteiger partial charge in [-0.1, -0.05) is 29.5 Å². The van der Waals surface area contributed by atoms with E-state index < -0.39 is 0 Å². The zero-order valence-corrected chi connectivity index (χ0v) is 11.1. The van der Waals surface area contributed by atoms with E-state index >= 15 is 0 Å². The predicted octanol–water partition coefficient (Wildman–Crippen LogP) is 1.32. The molecule has 2 aromatic rings. The number of hydrogen-bond donors (Lipinski definition) is 2. The largest absolute Gasteiger partial charge is 0.346 e.